The number of nitrogens with one attached hydrogen (secondary N) is 2. The van der Waals surface area contributed by atoms with Crippen molar-refractivity contribution < 1.29 is 4.79 Å². The van der Waals surface area contributed by atoms with Crippen LogP contribution in [0, 0.1) is 0 Å². The molecule has 0 unspecified atom stereocenters. The Labute approximate surface area is 144 Å². The summed E-state index contributed by atoms with van der Waals surface area (Å²) in [6.07, 6.45) is 3.66. The van der Waals surface area contributed by atoms with Gasteiger partial charge in [0.05, 0.1) is 23.2 Å². The van der Waals surface area contributed by atoms with E-state index in [1.165, 1.54) is 6.42 Å². The smallest absolute Gasteiger partial charge is 0.272 e. The van der Waals surface area contributed by atoms with Gasteiger partial charge in [0.25, 0.3) is 5.56 Å². The summed E-state index contributed by atoms with van der Waals surface area (Å²) in [6, 6.07) is 9.10. The zero-order chi connectivity index (χ0) is 17.4. The Balaban J connectivity index is 1.54. The van der Waals surface area contributed by atoms with Crippen LogP contribution in [0.3, 0.4) is 0 Å². The molecule has 128 valence electrons. The number of carbonyl (C=O) groups is 1. The lowest BCUT2D eigenvalue weighted by atomic mass is 9.83. The number of aromatic nitrogens is 4. The Morgan fingerprint density at radius 3 is 2.80 bits per heavy atom. The van der Waals surface area contributed by atoms with Gasteiger partial charge in [0, 0.05) is 24.4 Å². The van der Waals surface area contributed by atoms with Gasteiger partial charge in [0.15, 0.2) is 0 Å². The number of amides is 1. The molecule has 2 N–H and O–H groups in total. The van der Waals surface area contributed by atoms with Crippen LogP contribution >= 0.6 is 0 Å². The molecule has 3 aromatic rings. The molecule has 0 bridgehead atoms. The van der Waals surface area contributed by atoms with E-state index in [9.17, 15) is 9.59 Å². The van der Waals surface area contributed by atoms with Gasteiger partial charge in [-0.2, -0.15) is 10.2 Å². The lowest BCUT2D eigenvalue weighted by molar-refractivity contribution is -0.115. The molecule has 1 aliphatic rings. The first-order chi connectivity index (χ1) is 12.1. The van der Waals surface area contributed by atoms with E-state index in [0.29, 0.717) is 28.2 Å². The Kier molecular flexibility index (Phi) is 3.83. The summed E-state index contributed by atoms with van der Waals surface area (Å²) in [5.41, 5.74) is 1.34. The number of carbonyl (C=O) groups excluding carboxylic acids is 1. The summed E-state index contributed by atoms with van der Waals surface area (Å²) in [7, 11) is 1.82. The van der Waals surface area contributed by atoms with E-state index in [0.717, 1.165) is 18.5 Å². The van der Waals surface area contributed by atoms with Gasteiger partial charge in [0.1, 0.15) is 5.82 Å². The quantitative estimate of drug-likeness (QED) is 0.762. The van der Waals surface area contributed by atoms with Gasteiger partial charge in [-0.3, -0.25) is 14.3 Å². The zero-order valence-corrected chi connectivity index (χ0v) is 14.0. The van der Waals surface area contributed by atoms with Crippen molar-refractivity contribution in [2.45, 2.75) is 31.6 Å². The van der Waals surface area contributed by atoms with E-state index in [2.05, 4.69) is 20.6 Å². The van der Waals surface area contributed by atoms with Gasteiger partial charge < -0.3 is 5.32 Å². The standard InChI is InChI=1S/C18H19N5O2/c1-23-16(9-14(22-23)11-5-4-6-11)19-17(24)10-15-12-7-2-3-8-13(12)18(25)21-20-15/h2-3,7-9,11H,4-6,10H2,1H3,(H,19,24)(H,21,25). The molecule has 7 nitrogen and oxygen atoms in total. The summed E-state index contributed by atoms with van der Waals surface area (Å²) >= 11 is 0. The molecule has 25 heavy (non-hydrogen) atoms. The number of aromatic amines is 1. The molecule has 2 heterocycles. The minimum atomic E-state index is -0.253. The van der Waals surface area contributed by atoms with Crippen LogP contribution in [-0.2, 0) is 18.3 Å². The fourth-order valence-electron chi connectivity index (χ4n) is 3.16. The molecule has 1 aromatic carbocycles. The molecule has 1 amide bonds. The Morgan fingerprint density at radius 2 is 2.08 bits per heavy atom. The highest BCUT2D eigenvalue weighted by molar-refractivity contribution is 5.94. The van der Waals surface area contributed by atoms with E-state index in [1.807, 2.05) is 19.2 Å². The topological polar surface area (TPSA) is 92.7 Å². The Bertz CT molecular complexity index is 1000. The maximum Gasteiger partial charge on any atom is 0.272 e. The first kappa shape index (κ1) is 15.6. The van der Waals surface area contributed by atoms with E-state index in [-0.39, 0.29) is 17.9 Å². The van der Waals surface area contributed by atoms with Gasteiger partial charge >= 0.3 is 0 Å². The minimum Gasteiger partial charge on any atom is -0.311 e. The largest absolute Gasteiger partial charge is 0.311 e. The summed E-state index contributed by atoms with van der Waals surface area (Å²) in [6.45, 7) is 0. The molecule has 0 spiro atoms. The van der Waals surface area contributed by atoms with Crippen molar-refractivity contribution in [1.82, 2.24) is 20.0 Å². The molecule has 0 saturated heterocycles. The SMILES string of the molecule is Cn1nc(C2CCC2)cc1NC(=O)Cc1n[nH]c(=O)c2ccccc12. The van der Waals surface area contributed by atoms with Crippen molar-refractivity contribution in [1.29, 1.82) is 0 Å². The van der Waals surface area contributed by atoms with Crippen LogP contribution in [0.25, 0.3) is 10.8 Å². The molecule has 0 radical (unpaired) electrons. The zero-order valence-electron chi connectivity index (χ0n) is 14.0. The molecule has 1 saturated carbocycles. The minimum absolute atomic E-state index is 0.0846. The Hall–Kier alpha value is -2.96. The van der Waals surface area contributed by atoms with Crippen molar-refractivity contribution in [3.05, 3.63) is 52.1 Å². The van der Waals surface area contributed by atoms with Gasteiger partial charge in [0.2, 0.25) is 5.91 Å². The maximum atomic E-state index is 12.4. The summed E-state index contributed by atoms with van der Waals surface area (Å²) < 4.78 is 1.70. The van der Waals surface area contributed by atoms with Crippen LogP contribution in [0.5, 0.6) is 0 Å². The summed E-state index contributed by atoms with van der Waals surface area (Å²) in [5.74, 6) is 1.01. The van der Waals surface area contributed by atoms with Crippen molar-refractivity contribution >= 4 is 22.5 Å². The number of hydrogen-bond acceptors (Lipinski definition) is 4. The third kappa shape index (κ3) is 2.93. The molecule has 7 heteroatoms. The highest BCUT2D eigenvalue weighted by Gasteiger charge is 2.23. The predicted molar refractivity (Wildman–Crippen MR) is 94.5 cm³/mol. The molecular formula is C18H19N5O2. The lowest BCUT2D eigenvalue weighted by Crippen LogP contribution is -2.19. The number of H-pyrrole nitrogens is 1. The predicted octanol–water partition coefficient (Wildman–Crippen LogP) is 2.11. The average molecular weight is 337 g/mol. The summed E-state index contributed by atoms with van der Waals surface area (Å²) in [5, 5.41) is 15.1. The molecule has 1 aliphatic carbocycles. The second kappa shape index (κ2) is 6.16. The highest BCUT2D eigenvalue weighted by Crippen LogP contribution is 2.36. The number of aryl methyl sites for hydroxylation is 1. The molecular weight excluding hydrogens is 318 g/mol. The second-order valence-electron chi connectivity index (χ2n) is 6.48. The average Bonchev–Trinajstić information content (AvgIpc) is 2.89. The van der Waals surface area contributed by atoms with Crippen LogP contribution < -0.4 is 10.9 Å². The van der Waals surface area contributed by atoms with Crippen molar-refractivity contribution in [2.24, 2.45) is 7.05 Å². The van der Waals surface area contributed by atoms with Crippen LogP contribution in [0.2, 0.25) is 0 Å². The van der Waals surface area contributed by atoms with Crippen LogP contribution in [-0.4, -0.2) is 25.9 Å². The summed E-state index contributed by atoms with van der Waals surface area (Å²) in [4.78, 5) is 24.3. The number of anilines is 1. The van der Waals surface area contributed by atoms with Crippen molar-refractivity contribution in [3.8, 4) is 0 Å². The molecule has 0 aliphatic heterocycles. The van der Waals surface area contributed by atoms with E-state index in [4.69, 9.17) is 0 Å². The molecule has 4 rings (SSSR count). The van der Waals surface area contributed by atoms with Gasteiger partial charge in [-0.15, -0.1) is 0 Å². The third-order valence-corrected chi connectivity index (χ3v) is 4.79. The Morgan fingerprint density at radius 1 is 1.32 bits per heavy atom. The number of fused-ring (bicyclic) bond motifs is 1. The van der Waals surface area contributed by atoms with Crippen molar-refractivity contribution in [2.75, 3.05) is 5.32 Å². The van der Waals surface area contributed by atoms with Crippen molar-refractivity contribution in [3.63, 3.8) is 0 Å². The monoisotopic (exact) mass is 337 g/mol. The highest BCUT2D eigenvalue weighted by atomic mass is 16.1. The lowest BCUT2D eigenvalue weighted by Gasteiger charge is -2.22. The van der Waals surface area contributed by atoms with Gasteiger partial charge in [-0.1, -0.05) is 24.6 Å². The molecule has 2 aromatic heterocycles. The van der Waals surface area contributed by atoms with Crippen LogP contribution in [0.15, 0.2) is 35.1 Å². The molecule has 0 atom stereocenters. The fraction of sp³-hybridized carbons (Fsp3) is 0.333. The number of rotatable bonds is 4. The third-order valence-electron chi connectivity index (χ3n) is 4.79. The number of hydrogen-bond donors (Lipinski definition) is 2. The fourth-order valence-corrected chi connectivity index (χ4v) is 3.16. The van der Waals surface area contributed by atoms with Gasteiger partial charge in [-0.25, -0.2) is 5.10 Å². The van der Waals surface area contributed by atoms with E-state index >= 15 is 0 Å². The van der Waals surface area contributed by atoms with Gasteiger partial charge in [-0.05, 0) is 18.9 Å². The first-order valence-corrected chi connectivity index (χ1v) is 8.42. The number of nitrogens with zero attached hydrogens (tertiary/aromatic N) is 3. The number of benzene rings is 1. The normalized spacial score (nSPS) is 14.4. The van der Waals surface area contributed by atoms with E-state index in [1.54, 1.807) is 22.9 Å². The molecule has 1 fully saturated rings. The van der Waals surface area contributed by atoms with E-state index < -0.39 is 0 Å². The second-order valence-corrected chi connectivity index (χ2v) is 6.48. The van der Waals surface area contributed by atoms with Crippen LogP contribution in [0.4, 0.5) is 5.82 Å². The maximum absolute atomic E-state index is 12.4. The first-order valence-electron chi connectivity index (χ1n) is 8.42. The van der Waals surface area contributed by atoms with Crippen LogP contribution in [0.1, 0.15) is 36.6 Å².